The number of hydrogen-bond acceptors (Lipinski definition) is 5. The quantitative estimate of drug-likeness (QED) is 0.650. The average molecular weight is 463 g/mol. The standard InChI is InChI=1S/C22H34N4O3SSi/c1-18-7-9-19(10-8-18)25-13-15-26(16-14-25)30(27,28)24-21-12-11-20(17-23-21)29-31(5,6)22(2,3)4/h7-12,17H,13-16H2,1-6H3,(H,23,24). The van der Waals surface area contributed by atoms with Crippen molar-refractivity contribution in [1.82, 2.24) is 9.29 Å². The van der Waals surface area contributed by atoms with E-state index in [-0.39, 0.29) is 5.04 Å². The van der Waals surface area contributed by atoms with E-state index in [4.69, 9.17) is 4.43 Å². The number of piperazine rings is 1. The van der Waals surface area contributed by atoms with Crippen molar-refractivity contribution in [3.63, 3.8) is 0 Å². The SMILES string of the molecule is Cc1ccc(N2CCN(S(=O)(=O)Nc3ccc(O[Si](C)(C)C(C)(C)C)cn3)CC2)cc1. The molecule has 1 N–H and O–H groups in total. The Labute approximate surface area is 187 Å². The van der Waals surface area contributed by atoms with Crippen LogP contribution in [0.1, 0.15) is 26.3 Å². The second kappa shape index (κ2) is 8.80. The van der Waals surface area contributed by atoms with Crippen molar-refractivity contribution < 1.29 is 12.8 Å². The summed E-state index contributed by atoms with van der Waals surface area (Å²) in [5.41, 5.74) is 2.33. The minimum Gasteiger partial charge on any atom is -0.542 e. The topological polar surface area (TPSA) is 74.8 Å². The number of aromatic nitrogens is 1. The fraction of sp³-hybridized carbons (Fsp3) is 0.500. The van der Waals surface area contributed by atoms with Gasteiger partial charge in [0.1, 0.15) is 11.6 Å². The first kappa shape index (κ1) is 23.6. The predicted molar refractivity (Wildman–Crippen MR) is 130 cm³/mol. The van der Waals surface area contributed by atoms with Gasteiger partial charge < -0.3 is 9.33 Å². The van der Waals surface area contributed by atoms with E-state index in [1.54, 1.807) is 18.3 Å². The normalized spacial score (nSPS) is 16.3. The van der Waals surface area contributed by atoms with Gasteiger partial charge >= 0.3 is 10.2 Å². The Bertz CT molecular complexity index is 979. The first-order valence-corrected chi connectivity index (χ1v) is 15.0. The van der Waals surface area contributed by atoms with Gasteiger partial charge in [-0.25, -0.2) is 4.98 Å². The summed E-state index contributed by atoms with van der Waals surface area (Å²) in [5.74, 6) is 0.963. The lowest BCUT2D eigenvalue weighted by atomic mass is 10.2. The molecule has 1 saturated heterocycles. The predicted octanol–water partition coefficient (Wildman–Crippen LogP) is 4.25. The van der Waals surface area contributed by atoms with Crippen molar-refractivity contribution in [1.29, 1.82) is 0 Å². The van der Waals surface area contributed by atoms with E-state index < -0.39 is 18.5 Å². The van der Waals surface area contributed by atoms with E-state index in [9.17, 15) is 8.42 Å². The Kier molecular flexibility index (Phi) is 6.69. The van der Waals surface area contributed by atoms with Crippen molar-refractivity contribution in [2.24, 2.45) is 0 Å². The van der Waals surface area contributed by atoms with E-state index in [1.165, 1.54) is 9.87 Å². The molecule has 3 rings (SSSR count). The van der Waals surface area contributed by atoms with Crippen LogP contribution in [0.15, 0.2) is 42.6 Å². The molecule has 0 bridgehead atoms. The fourth-order valence-corrected chi connectivity index (χ4v) is 5.26. The van der Waals surface area contributed by atoms with Crippen LogP contribution < -0.4 is 14.0 Å². The van der Waals surface area contributed by atoms with E-state index in [0.717, 1.165) is 5.69 Å². The summed E-state index contributed by atoms with van der Waals surface area (Å²) < 4.78 is 35.9. The molecule has 1 aromatic carbocycles. The number of rotatable bonds is 6. The molecule has 0 aliphatic carbocycles. The second-order valence-corrected chi connectivity index (χ2v) is 16.0. The van der Waals surface area contributed by atoms with Gasteiger partial charge in [-0.15, -0.1) is 0 Å². The summed E-state index contributed by atoms with van der Waals surface area (Å²) in [5, 5.41) is 0.0774. The van der Waals surface area contributed by atoms with Crippen LogP contribution in [-0.4, -0.2) is 52.2 Å². The highest BCUT2D eigenvalue weighted by molar-refractivity contribution is 7.90. The average Bonchev–Trinajstić information content (AvgIpc) is 2.69. The highest BCUT2D eigenvalue weighted by atomic mass is 32.2. The number of benzene rings is 1. The Morgan fingerprint density at radius 3 is 2.13 bits per heavy atom. The lowest BCUT2D eigenvalue weighted by molar-refractivity contribution is 0.387. The van der Waals surface area contributed by atoms with Gasteiger partial charge in [-0.1, -0.05) is 38.5 Å². The van der Waals surface area contributed by atoms with Crippen LogP contribution in [-0.2, 0) is 10.2 Å². The zero-order valence-corrected chi connectivity index (χ0v) is 21.2. The van der Waals surface area contributed by atoms with Gasteiger partial charge in [-0.3, -0.25) is 4.72 Å². The van der Waals surface area contributed by atoms with Crippen LogP contribution in [0.25, 0.3) is 0 Å². The van der Waals surface area contributed by atoms with Gasteiger partial charge in [0.05, 0.1) is 6.20 Å². The third kappa shape index (κ3) is 5.78. The van der Waals surface area contributed by atoms with Gasteiger partial charge in [0.25, 0.3) is 8.32 Å². The summed E-state index contributed by atoms with van der Waals surface area (Å²) in [6, 6.07) is 11.7. The lowest BCUT2D eigenvalue weighted by Crippen LogP contribution is -2.50. The van der Waals surface area contributed by atoms with Gasteiger partial charge in [-0.2, -0.15) is 12.7 Å². The highest BCUT2D eigenvalue weighted by Crippen LogP contribution is 2.37. The molecule has 2 aromatic rings. The number of nitrogens with zero attached hydrogens (tertiary/aromatic N) is 3. The van der Waals surface area contributed by atoms with Gasteiger partial charge in [0.2, 0.25) is 0 Å². The molecule has 0 atom stereocenters. The fourth-order valence-electron chi connectivity index (χ4n) is 3.09. The minimum absolute atomic E-state index is 0.0774. The third-order valence-electron chi connectivity index (χ3n) is 6.13. The third-order valence-corrected chi connectivity index (χ3v) is 12.0. The largest absolute Gasteiger partial charge is 0.542 e. The maximum absolute atomic E-state index is 12.8. The number of hydrogen-bond donors (Lipinski definition) is 1. The molecule has 170 valence electrons. The zero-order chi connectivity index (χ0) is 22.9. The maximum Gasteiger partial charge on any atom is 0.302 e. The van der Waals surface area contributed by atoms with Crippen LogP contribution in [0.4, 0.5) is 11.5 Å². The van der Waals surface area contributed by atoms with Gasteiger partial charge in [0, 0.05) is 31.9 Å². The van der Waals surface area contributed by atoms with Gasteiger partial charge in [0.15, 0.2) is 0 Å². The van der Waals surface area contributed by atoms with Crippen molar-refractivity contribution in [2.75, 3.05) is 35.8 Å². The summed E-state index contributed by atoms with van der Waals surface area (Å²) in [6.45, 7) is 15.1. The zero-order valence-electron chi connectivity index (χ0n) is 19.3. The molecular formula is C22H34N4O3SSi. The summed E-state index contributed by atoms with van der Waals surface area (Å²) >= 11 is 0. The molecule has 0 unspecified atom stereocenters. The molecule has 1 aliphatic rings. The van der Waals surface area contributed by atoms with E-state index >= 15 is 0 Å². The number of aryl methyl sites for hydroxylation is 1. The molecule has 9 heteroatoms. The van der Waals surface area contributed by atoms with Crippen molar-refractivity contribution in [3.05, 3.63) is 48.2 Å². The van der Waals surface area contributed by atoms with Crippen LogP contribution in [0.3, 0.4) is 0 Å². The van der Waals surface area contributed by atoms with Crippen molar-refractivity contribution in [2.45, 2.75) is 45.8 Å². The summed E-state index contributed by atoms with van der Waals surface area (Å²) in [6.07, 6.45) is 1.59. The molecule has 31 heavy (non-hydrogen) atoms. The van der Waals surface area contributed by atoms with Crippen LogP contribution in [0, 0.1) is 6.92 Å². The van der Waals surface area contributed by atoms with E-state index in [0.29, 0.717) is 37.7 Å². The smallest absolute Gasteiger partial charge is 0.302 e. The van der Waals surface area contributed by atoms with Crippen LogP contribution in [0.2, 0.25) is 18.1 Å². The molecule has 0 radical (unpaired) electrons. The molecule has 2 heterocycles. The second-order valence-electron chi connectivity index (χ2n) is 9.57. The molecule has 7 nitrogen and oxygen atoms in total. The molecule has 1 aromatic heterocycles. The maximum atomic E-state index is 12.8. The monoisotopic (exact) mass is 462 g/mol. The molecule has 0 spiro atoms. The van der Waals surface area contributed by atoms with Crippen molar-refractivity contribution >= 4 is 30.0 Å². The van der Waals surface area contributed by atoms with E-state index in [1.807, 2.05) is 0 Å². The van der Waals surface area contributed by atoms with E-state index in [2.05, 4.69) is 79.7 Å². The summed E-state index contributed by atoms with van der Waals surface area (Å²) in [4.78, 5) is 6.47. The number of nitrogens with one attached hydrogen (secondary N) is 1. The van der Waals surface area contributed by atoms with Crippen LogP contribution >= 0.6 is 0 Å². The number of pyridine rings is 1. The molecule has 1 fully saturated rings. The Hall–Kier alpha value is -2.10. The van der Waals surface area contributed by atoms with Gasteiger partial charge in [-0.05, 0) is 49.3 Å². The minimum atomic E-state index is -3.66. The molecule has 1 aliphatic heterocycles. The Morgan fingerprint density at radius 2 is 1.61 bits per heavy atom. The first-order valence-electron chi connectivity index (χ1n) is 10.6. The first-order chi connectivity index (χ1) is 14.4. The molecular weight excluding hydrogens is 428 g/mol. The molecule has 0 saturated carbocycles. The highest BCUT2D eigenvalue weighted by Gasteiger charge is 2.39. The number of anilines is 2. The lowest BCUT2D eigenvalue weighted by Gasteiger charge is -2.36. The Balaban J connectivity index is 1.59. The summed E-state index contributed by atoms with van der Waals surface area (Å²) in [7, 11) is -5.62. The molecule has 0 amide bonds. The van der Waals surface area contributed by atoms with Crippen LogP contribution in [0.5, 0.6) is 5.75 Å². The Morgan fingerprint density at radius 1 is 1.00 bits per heavy atom. The van der Waals surface area contributed by atoms with Crippen molar-refractivity contribution in [3.8, 4) is 5.75 Å².